The highest BCUT2D eigenvalue weighted by atomic mass is 31.0. The molecule has 2 rings (SSSR count). The summed E-state index contributed by atoms with van der Waals surface area (Å²) in [6.07, 6.45) is 1.71. The minimum atomic E-state index is -0.775. The van der Waals surface area contributed by atoms with E-state index in [4.69, 9.17) is 5.11 Å². The Hall–Kier alpha value is -0.920. The molecule has 1 aliphatic rings. The van der Waals surface area contributed by atoms with Crippen LogP contribution in [0.1, 0.15) is 11.1 Å². The number of rotatable bonds is 3. The minimum absolute atomic E-state index is 0.164. The number of benzene rings is 1. The van der Waals surface area contributed by atoms with Crippen LogP contribution >= 0.6 is 9.39 Å². The molecule has 1 aromatic rings. The Morgan fingerprint density at radius 2 is 1.93 bits per heavy atom. The summed E-state index contributed by atoms with van der Waals surface area (Å²) < 4.78 is 0. The number of fused-ring (bicyclic) bond motifs is 1. The van der Waals surface area contributed by atoms with Gasteiger partial charge in [0.1, 0.15) is 6.04 Å². The maximum absolute atomic E-state index is 11.0. The molecule has 1 aliphatic carbocycles. The molecule has 0 radical (unpaired) electrons. The van der Waals surface area contributed by atoms with Gasteiger partial charge in [0.05, 0.1) is 0 Å². The van der Waals surface area contributed by atoms with E-state index in [9.17, 15) is 4.79 Å². The van der Waals surface area contributed by atoms with Gasteiger partial charge in [-0.3, -0.25) is 9.88 Å². The predicted molar refractivity (Wildman–Crippen MR) is 61.6 cm³/mol. The number of aliphatic carboxylic acids is 1. The summed E-state index contributed by atoms with van der Waals surface area (Å²) in [5.74, 6) is -0.611. The first kappa shape index (κ1) is 10.6. The Bertz CT molecular complexity index is 356. The molecule has 2 atom stereocenters. The van der Waals surface area contributed by atoms with Gasteiger partial charge in [-0.25, -0.2) is 0 Å². The fourth-order valence-electron chi connectivity index (χ4n) is 2.24. The molecule has 4 heteroatoms. The number of hydrogen-bond acceptors (Lipinski definition) is 2. The van der Waals surface area contributed by atoms with E-state index in [-0.39, 0.29) is 5.92 Å². The topological polar surface area (TPSA) is 49.3 Å². The molecule has 80 valence electrons. The first-order valence-corrected chi connectivity index (χ1v) is 5.56. The van der Waals surface area contributed by atoms with E-state index in [1.54, 1.807) is 0 Å². The molecule has 0 amide bonds. The second-order valence-corrected chi connectivity index (χ2v) is 4.25. The molecule has 0 spiro atoms. The van der Waals surface area contributed by atoms with Gasteiger partial charge in [-0.2, -0.15) is 0 Å². The molecule has 0 saturated carbocycles. The lowest BCUT2D eigenvalue weighted by Gasteiger charge is -2.17. The number of hydrogen-bond donors (Lipinski definition) is 2. The standard InChI is InChI=1S/C11H14NO2P/c13-11(14)10(12-15)9-5-7-3-1-2-4-8(7)6-9/h1-4,9-10,12H,5-6,15H2,(H,13,14). The van der Waals surface area contributed by atoms with Gasteiger partial charge in [0.15, 0.2) is 0 Å². The van der Waals surface area contributed by atoms with Crippen molar-refractivity contribution >= 4 is 15.4 Å². The van der Waals surface area contributed by atoms with Crippen LogP contribution in [0.5, 0.6) is 0 Å². The Balaban J connectivity index is 2.15. The van der Waals surface area contributed by atoms with Crippen LogP contribution in [-0.4, -0.2) is 17.1 Å². The predicted octanol–water partition coefficient (Wildman–Crippen LogP) is 1.23. The van der Waals surface area contributed by atoms with E-state index >= 15 is 0 Å². The van der Waals surface area contributed by atoms with Gasteiger partial charge in [-0.1, -0.05) is 33.7 Å². The van der Waals surface area contributed by atoms with Crippen molar-refractivity contribution in [1.29, 1.82) is 0 Å². The Morgan fingerprint density at radius 1 is 1.40 bits per heavy atom. The van der Waals surface area contributed by atoms with Crippen LogP contribution in [-0.2, 0) is 17.6 Å². The Labute approximate surface area is 91.1 Å². The summed E-state index contributed by atoms with van der Waals surface area (Å²) in [7, 11) is 2.30. The molecule has 0 saturated heterocycles. The van der Waals surface area contributed by atoms with Crippen LogP contribution in [0.3, 0.4) is 0 Å². The van der Waals surface area contributed by atoms with Gasteiger partial charge < -0.3 is 5.11 Å². The molecule has 0 bridgehead atoms. The molecular formula is C11H14NO2P. The van der Waals surface area contributed by atoms with Gasteiger partial charge >= 0.3 is 5.97 Å². The van der Waals surface area contributed by atoms with Gasteiger partial charge in [0, 0.05) is 0 Å². The lowest BCUT2D eigenvalue weighted by Crippen LogP contribution is -2.38. The van der Waals surface area contributed by atoms with Crippen molar-refractivity contribution < 1.29 is 9.90 Å². The van der Waals surface area contributed by atoms with Crippen molar-refractivity contribution in [3.63, 3.8) is 0 Å². The zero-order valence-electron chi connectivity index (χ0n) is 8.31. The highest BCUT2D eigenvalue weighted by Crippen LogP contribution is 2.29. The SMILES string of the molecule is O=C(O)C(NP)C1Cc2ccccc2C1. The second-order valence-electron chi connectivity index (χ2n) is 3.92. The molecule has 3 nitrogen and oxygen atoms in total. The number of carboxylic acid groups (broad SMARTS) is 1. The summed E-state index contributed by atoms with van der Waals surface area (Å²) in [4.78, 5) is 11.0. The van der Waals surface area contributed by atoms with Crippen LogP contribution < -0.4 is 5.09 Å². The summed E-state index contributed by atoms with van der Waals surface area (Å²) in [5.41, 5.74) is 2.57. The first-order chi connectivity index (χ1) is 7.22. The van der Waals surface area contributed by atoms with E-state index in [1.165, 1.54) is 11.1 Å². The fraction of sp³-hybridized carbons (Fsp3) is 0.364. The van der Waals surface area contributed by atoms with Crippen molar-refractivity contribution in [3.8, 4) is 0 Å². The zero-order valence-corrected chi connectivity index (χ0v) is 9.47. The zero-order chi connectivity index (χ0) is 10.8. The maximum atomic E-state index is 11.0. The number of nitrogens with one attached hydrogen (secondary N) is 1. The first-order valence-electron chi connectivity index (χ1n) is 4.98. The largest absolute Gasteiger partial charge is 0.480 e. The average molecular weight is 223 g/mol. The van der Waals surface area contributed by atoms with Crippen molar-refractivity contribution in [1.82, 2.24) is 5.09 Å². The Morgan fingerprint density at radius 3 is 2.33 bits per heavy atom. The van der Waals surface area contributed by atoms with Crippen molar-refractivity contribution in [2.24, 2.45) is 5.92 Å². The van der Waals surface area contributed by atoms with E-state index < -0.39 is 12.0 Å². The van der Waals surface area contributed by atoms with Crippen LogP contribution in [0.2, 0.25) is 0 Å². The summed E-state index contributed by atoms with van der Waals surface area (Å²) in [6.45, 7) is 0. The van der Waals surface area contributed by atoms with Crippen LogP contribution in [0.4, 0.5) is 0 Å². The lowest BCUT2D eigenvalue weighted by molar-refractivity contribution is -0.140. The maximum Gasteiger partial charge on any atom is 0.321 e. The molecule has 0 fully saturated rings. The number of carbonyl (C=O) groups is 1. The molecular weight excluding hydrogens is 209 g/mol. The fourth-order valence-corrected chi connectivity index (χ4v) is 2.65. The lowest BCUT2D eigenvalue weighted by atomic mass is 9.97. The van der Waals surface area contributed by atoms with Crippen LogP contribution in [0.15, 0.2) is 24.3 Å². The molecule has 1 aromatic carbocycles. The van der Waals surface area contributed by atoms with Crippen LogP contribution in [0.25, 0.3) is 0 Å². The third kappa shape index (κ3) is 2.04. The normalized spacial score (nSPS) is 17.4. The van der Waals surface area contributed by atoms with Gasteiger partial charge in [0.2, 0.25) is 0 Å². The molecule has 2 N–H and O–H groups in total. The number of carboxylic acids is 1. The minimum Gasteiger partial charge on any atom is -0.480 e. The van der Waals surface area contributed by atoms with Crippen molar-refractivity contribution in [2.75, 3.05) is 0 Å². The van der Waals surface area contributed by atoms with Gasteiger partial charge in [-0.05, 0) is 29.9 Å². The van der Waals surface area contributed by atoms with E-state index in [1.807, 2.05) is 12.1 Å². The highest BCUT2D eigenvalue weighted by molar-refractivity contribution is 7.13. The van der Waals surface area contributed by atoms with Crippen molar-refractivity contribution in [2.45, 2.75) is 18.9 Å². The highest BCUT2D eigenvalue weighted by Gasteiger charge is 2.31. The van der Waals surface area contributed by atoms with Gasteiger partial charge in [0.25, 0.3) is 0 Å². The van der Waals surface area contributed by atoms with E-state index in [2.05, 4.69) is 26.6 Å². The van der Waals surface area contributed by atoms with E-state index in [0.29, 0.717) is 0 Å². The second kappa shape index (κ2) is 4.30. The molecule has 0 aromatic heterocycles. The summed E-state index contributed by atoms with van der Waals surface area (Å²) in [5, 5.41) is 11.8. The van der Waals surface area contributed by atoms with Gasteiger partial charge in [-0.15, -0.1) is 0 Å². The molecule has 2 unspecified atom stereocenters. The third-order valence-corrected chi connectivity index (χ3v) is 3.36. The quantitative estimate of drug-likeness (QED) is 0.758. The monoisotopic (exact) mass is 223 g/mol. The third-order valence-electron chi connectivity index (χ3n) is 3.00. The average Bonchev–Trinajstić information content (AvgIpc) is 2.61. The van der Waals surface area contributed by atoms with E-state index in [0.717, 1.165) is 12.8 Å². The summed E-state index contributed by atoms with van der Waals surface area (Å²) >= 11 is 0. The van der Waals surface area contributed by atoms with Crippen molar-refractivity contribution in [3.05, 3.63) is 35.4 Å². The Kier molecular flexibility index (Phi) is 3.03. The molecule has 0 heterocycles. The molecule has 0 aliphatic heterocycles. The summed E-state index contributed by atoms with van der Waals surface area (Å²) in [6, 6.07) is 7.70. The smallest absolute Gasteiger partial charge is 0.321 e. The van der Waals surface area contributed by atoms with Crippen LogP contribution in [0, 0.1) is 5.92 Å². The molecule has 15 heavy (non-hydrogen) atoms.